The average molecular weight is 422 g/mol. The molecule has 0 aromatic heterocycles. The van der Waals surface area contributed by atoms with Gasteiger partial charge in [0.1, 0.15) is 23.0 Å². The van der Waals surface area contributed by atoms with Gasteiger partial charge < -0.3 is 19.3 Å². The van der Waals surface area contributed by atoms with Crippen molar-refractivity contribution in [2.45, 2.75) is 39.3 Å². The Morgan fingerprint density at radius 2 is 1.68 bits per heavy atom. The number of nitrogens with zero attached hydrogens (tertiary/aromatic N) is 1. The molecule has 2 unspecified atom stereocenters. The van der Waals surface area contributed by atoms with Gasteiger partial charge in [-0.25, -0.2) is 0 Å². The topological polar surface area (TPSA) is 51.2 Å². The summed E-state index contributed by atoms with van der Waals surface area (Å²) in [4.78, 5) is 2.36. The van der Waals surface area contributed by atoms with Gasteiger partial charge in [-0.3, -0.25) is 4.90 Å². The number of hydrogen-bond acceptors (Lipinski definition) is 5. The molecule has 3 aromatic carbocycles. The molecule has 0 saturated carbocycles. The number of phenolic OH excluding ortho intramolecular Hbond substituents is 1. The van der Waals surface area contributed by atoms with E-state index in [1.165, 1.54) is 5.56 Å². The zero-order chi connectivity index (χ0) is 22.4. The average Bonchev–Trinajstić information content (AvgIpc) is 2.76. The van der Waals surface area contributed by atoms with Gasteiger partial charge in [0.25, 0.3) is 0 Å². The van der Waals surface area contributed by atoms with Crippen LogP contribution >= 0.6 is 0 Å². The number of likely N-dealkylation sites (N-methyl/N-ethyl adjacent to an activating group) is 1. The first-order valence-electron chi connectivity index (χ1n) is 10.6. The Bertz CT molecular complexity index is 1150. The Balaban J connectivity index is 2.11. The normalized spacial score (nSPS) is 18.7. The van der Waals surface area contributed by atoms with Crippen LogP contribution in [0, 0.1) is 6.92 Å². The third kappa shape index (κ3) is 3.19. The number of methoxy groups -OCH3 is 3. The summed E-state index contributed by atoms with van der Waals surface area (Å²) >= 11 is 0. The van der Waals surface area contributed by atoms with Gasteiger partial charge >= 0.3 is 0 Å². The summed E-state index contributed by atoms with van der Waals surface area (Å²) in [7, 11) is 7.12. The van der Waals surface area contributed by atoms with Crippen molar-refractivity contribution >= 4 is 10.8 Å². The quantitative estimate of drug-likeness (QED) is 0.604. The Hall–Kier alpha value is -2.92. The van der Waals surface area contributed by atoms with E-state index in [0.29, 0.717) is 28.5 Å². The van der Waals surface area contributed by atoms with Gasteiger partial charge in [-0.15, -0.1) is 0 Å². The number of benzene rings is 3. The number of phenols is 1. The molecule has 1 heterocycles. The molecule has 0 saturated heterocycles. The highest BCUT2D eigenvalue weighted by Gasteiger charge is 2.33. The third-order valence-corrected chi connectivity index (χ3v) is 6.80. The van der Waals surface area contributed by atoms with Crippen LogP contribution in [-0.2, 0) is 6.42 Å². The Kier molecular flexibility index (Phi) is 5.48. The van der Waals surface area contributed by atoms with Crippen LogP contribution in [0.1, 0.15) is 36.6 Å². The summed E-state index contributed by atoms with van der Waals surface area (Å²) in [5, 5.41) is 13.1. The van der Waals surface area contributed by atoms with E-state index in [0.717, 1.165) is 34.2 Å². The number of fused-ring (bicyclic) bond motifs is 2. The van der Waals surface area contributed by atoms with E-state index in [1.807, 2.05) is 25.1 Å². The fourth-order valence-corrected chi connectivity index (χ4v) is 5.01. The van der Waals surface area contributed by atoms with Crippen LogP contribution in [0.2, 0.25) is 0 Å². The van der Waals surface area contributed by atoms with Crippen LogP contribution in [0.3, 0.4) is 0 Å². The van der Waals surface area contributed by atoms with Crippen LogP contribution in [0.25, 0.3) is 21.9 Å². The first kappa shape index (κ1) is 21.3. The van der Waals surface area contributed by atoms with Gasteiger partial charge in [-0.05, 0) is 62.9 Å². The smallest absolute Gasteiger partial charge is 0.135 e. The molecule has 0 fully saturated rings. The Morgan fingerprint density at radius 1 is 0.968 bits per heavy atom. The highest BCUT2D eigenvalue weighted by Crippen LogP contribution is 2.53. The van der Waals surface area contributed by atoms with E-state index in [-0.39, 0.29) is 11.8 Å². The molecule has 1 aliphatic heterocycles. The summed E-state index contributed by atoms with van der Waals surface area (Å²) < 4.78 is 17.4. The predicted molar refractivity (Wildman–Crippen MR) is 125 cm³/mol. The lowest BCUT2D eigenvalue weighted by Crippen LogP contribution is -2.38. The second kappa shape index (κ2) is 7.97. The van der Waals surface area contributed by atoms with Gasteiger partial charge in [0, 0.05) is 23.2 Å². The zero-order valence-electron chi connectivity index (χ0n) is 19.4. The van der Waals surface area contributed by atoms with E-state index in [9.17, 15) is 5.11 Å². The number of aromatic hydroxyl groups is 1. The zero-order valence-corrected chi connectivity index (χ0v) is 19.4. The van der Waals surface area contributed by atoms with Crippen molar-refractivity contribution in [3.05, 3.63) is 47.0 Å². The van der Waals surface area contributed by atoms with E-state index in [2.05, 4.69) is 37.9 Å². The molecule has 0 aliphatic carbocycles. The van der Waals surface area contributed by atoms with E-state index < -0.39 is 0 Å². The monoisotopic (exact) mass is 421 g/mol. The second-order valence-corrected chi connectivity index (χ2v) is 8.43. The lowest BCUT2D eigenvalue weighted by molar-refractivity contribution is 0.175. The summed E-state index contributed by atoms with van der Waals surface area (Å²) in [5.41, 5.74) is 4.81. The van der Waals surface area contributed by atoms with E-state index in [4.69, 9.17) is 14.2 Å². The minimum absolute atomic E-state index is 0.175. The van der Waals surface area contributed by atoms with Gasteiger partial charge in [0.05, 0.1) is 32.3 Å². The Morgan fingerprint density at radius 3 is 2.32 bits per heavy atom. The maximum atomic E-state index is 11.5. The molecule has 3 aromatic rings. The predicted octanol–water partition coefficient (Wildman–Crippen LogP) is 5.48. The summed E-state index contributed by atoms with van der Waals surface area (Å²) in [6.07, 6.45) is 0.916. The molecule has 2 atom stereocenters. The van der Waals surface area contributed by atoms with Gasteiger partial charge in [0.15, 0.2) is 0 Å². The molecule has 5 nitrogen and oxygen atoms in total. The van der Waals surface area contributed by atoms with E-state index >= 15 is 0 Å². The first-order valence-corrected chi connectivity index (χ1v) is 10.6. The van der Waals surface area contributed by atoms with Crippen LogP contribution in [0.15, 0.2) is 30.3 Å². The summed E-state index contributed by atoms with van der Waals surface area (Å²) in [6.45, 7) is 6.44. The van der Waals surface area contributed by atoms with Crippen molar-refractivity contribution in [3.63, 3.8) is 0 Å². The molecule has 31 heavy (non-hydrogen) atoms. The summed E-state index contributed by atoms with van der Waals surface area (Å²) in [5.74, 6) is 2.27. The first-order chi connectivity index (χ1) is 14.8. The fraction of sp³-hybridized carbons (Fsp3) is 0.385. The molecule has 0 amide bonds. The van der Waals surface area contributed by atoms with Crippen molar-refractivity contribution in [3.8, 4) is 34.1 Å². The molecule has 0 spiro atoms. The van der Waals surface area contributed by atoms with Gasteiger partial charge in [0.2, 0.25) is 0 Å². The molecule has 5 heteroatoms. The van der Waals surface area contributed by atoms with Crippen molar-refractivity contribution in [2.75, 3.05) is 28.4 Å². The van der Waals surface area contributed by atoms with Crippen LogP contribution in [0.4, 0.5) is 0 Å². The van der Waals surface area contributed by atoms with Gasteiger partial charge in [-0.2, -0.15) is 0 Å². The number of rotatable bonds is 4. The second-order valence-electron chi connectivity index (χ2n) is 8.43. The SMILES string of the molecule is COc1cc2c(c(OC)c1-c1c(C)cc3cccc(OC)c3c1O)C(C)N(C)C(C)C2. The third-order valence-electron chi connectivity index (χ3n) is 6.80. The summed E-state index contributed by atoms with van der Waals surface area (Å²) in [6, 6.07) is 10.5. The largest absolute Gasteiger partial charge is 0.506 e. The van der Waals surface area contributed by atoms with Crippen molar-refractivity contribution in [1.29, 1.82) is 0 Å². The van der Waals surface area contributed by atoms with E-state index in [1.54, 1.807) is 21.3 Å². The Labute approximate surface area is 184 Å². The highest BCUT2D eigenvalue weighted by atomic mass is 16.5. The van der Waals surface area contributed by atoms with Crippen molar-refractivity contribution in [2.24, 2.45) is 0 Å². The lowest BCUT2D eigenvalue weighted by Gasteiger charge is -2.39. The molecular weight excluding hydrogens is 390 g/mol. The van der Waals surface area contributed by atoms with Crippen LogP contribution in [0.5, 0.6) is 23.0 Å². The van der Waals surface area contributed by atoms with Gasteiger partial charge in [-0.1, -0.05) is 18.2 Å². The number of hydrogen-bond donors (Lipinski definition) is 1. The molecule has 0 bridgehead atoms. The van der Waals surface area contributed by atoms with Crippen molar-refractivity contribution in [1.82, 2.24) is 4.90 Å². The maximum absolute atomic E-state index is 11.5. The molecule has 4 rings (SSSR count). The minimum atomic E-state index is 0.175. The lowest BCUT2D eigenvalue weighted by atomic mass is 9.84. The molecule has 0 radical (unpaired) electrons. The fourth-order valence-electron chi connectivity index (χ4n) is 5.01. The minimum Gasteiger partial charge on any atom is -0.506 e. The number of ether oxygens (including phenoxy) is 3. The molecule has 164 valence electrons. The van der Waals surface area contributed by atoms with Crippen LogP contribution < -0.4 is 14.2 Å². The highest BCUT2D eigenvalue weighted by molar-refractivity contribution is 6.02. The molecule has 1 aliphatic rings. The standard InChI is InChI=1S/C26H31NO4/c1-14-11-17-9-8-10-19(29-5)23(17)25(28)21(14)24-20(30-6)13-18-12-15(2)27(4)16(3)22(18)26(24)31-7/h8-11,13,15-16,28H,12H2,1-7H3. The van der Waals surface area contributed by atoms with Crippen LogP contribution in [-0.4, -0.2) is 44.4 Å². The van der Waals surface area contributed by atoms with Crippen molar-refractivity contribution < 1.29 is 19.3 Å². The maximum Gasteiger partial charge on any atom is 0.135 e. The molecule has 1 N–H and O–H groups in total. The number of aryl methyl sites for hydroxylation is 1. The molecular formula is C26H31NO4.